The Morgan fingerprint density at radius 2 is 2.11 bits per heavy atom. The fourth-order valence-electron chi connectivity index (χ4n) is 2.41. The molecule has 0 aromatic heterocycles. The van der Waals surface area contributed by atoms with Crippen molar-refractivity contribution in [3.05, 3.63) is 35.9 Å². The van der Waals surface area contributed by atoms with Crippen LogP contribution in [-0.2, 0) is 11.2 Å². The monoisotopic (exact) mass is 311 g/mol. The summed E-state index contributed by atoms with van der Waals surface area (Å²) in [6, 6.07) is 11.3. The highest BCUT2D eigenvalue weighted by Gasteiger charge is 2.24. The third-order valence-corrected chi connectivity index (χ3v) is 4.28. The van der Waals surface area contributed by atoms with E-state index in [0.29, 0.717) is 12.1 Å². The molecule has 1 fully saturated rings. The van der Waals surface area contributed by atoms with E-state index in [1.54, 1.807) is 0 Å². The lowest BCUT2D eigenvalue weighted by Crippen LogP contribution is -2.49. The van der Waals surface area contributed by atoms with E-state index in [1.807, 2.05) is 0 Å². The lowest BCUT2D eigenvalue weighted by atomic mass is 10.1. The van der Waals surface area contributed by atoms with Gasteiger partial charge >= 0.3 is 0 Å². The van der Waals surface area contributed by atoms with E-state index in [9.17, 15) is 0 Å². The highest BCUT2D eigenvalue weighted by atomic mass is 79.9. The Kier molecular flexibility index (Phi) is 5.67. The summed E-state index contributed by atoms with van der Waals surface area (Å²) in [6.07, 6.45) is 2.76. The summed E-state index contributed by atoms with van der Waals surface area (Å²) in [5.41, 5.74) is 1.44. The molecular formula is C15H22BrNO. The van der Waals surface area contributed by atoms with Gasteiger partial charge in [0.1, 0.15) is 0 Å². The van der Waals surface area contributed by atoms with Gasteiger partial charge in [-0.05, 0) is 31.9 Å². The van der Waals surface area contributed by atoms with Gasteiger partial charge in [0.15, 0.2) is 0 Å². The first kappa shape index (κ1) is 14.0. The number of rotatable bonds is 5. The van der Waals surface area contributed by atoms with Crippen molar-refractivity contribution < 1.29 is 4.74 Å². The molecule has 0 amide bonds. The summed E-state index contributed by atoms with van der Waals surface area (Å²) in [6.45, 7) is 5.35. The Morgan fingerprint density at radius 1 is 1.33 bits per heavy atom. The van der Waals surface area contributed by atoms with Crippen molar-refractivity contribution in [3.8, 4) is 0 Å². The van der Waals surface area contributed by atoms with Crippen LogP contribution in [0.3, 0.4) is 0 Å². The smallest absolute Gasteiger partial charge is 0.0799 e. The maximum Gasteiger partial charge on any atom is 0.0799 e. The molecule has 2 nitrogen and oxygen atoms in total. The van der Waals surface area contributed by atoms with Crippen LogP contribution in [0.2, 0.25) is 0 Å². The summed E-state index contributed by atoms with van der Waals surface area (Å²) in [5, 5.41) is 0.939. The van der Waals surface area contributed by atoms with Gasteiger partial charge in [-0.3, -0.25) is 4.90 Å². The van der Waals surface area contributed by atoms with Gasteiger partial charge in [0.05, 0.1) is 12.7 Å². The molecule has 18 heavy (non-hydrogen) atoms. The highest BCUT2D eigenvalue weighted by Crippen LogP contribution is 2.14. The van der Waals surface area contributed by atoms with Gasteiger partial charge in [-0.2, -0.15) is 0 Å². The van der Waals surface area contributed by atoms with Crippen molar-refractivity contribution in [1.29, 1.82) is 0 Å². The fourth-order valence-corrected chi connectivity index (χ4v) is 2.80. The molecule has 1 heterocycles. The molecule has 3 heteroatoms. The first-order valence-corrected chi connectivity index (χ1v) is 7.87. The third kappa shape index (κ3) is 4.08. The fraction of sp³-hybridized carbons (Fsp3) is 0.600. The second-order valence-corrected chi connectivity index (χ2v) is 5.69. The topological polar surface area (TPSA) is 12.5 Å². The van der Waals surface area contributed by atoms with Crippen LogP contribution < -0.4 is 0 Å². The van der Waals surface area contributed by atoms with Crippen LogP contribution in [-0.4, -0.2) is 42.1 Å². The van der Waals surface area contributed by atoms with Crippen LogP contribution in [0.5, 0.6) is 0 Å². The normalized spacial score (nSPS) is 25.2. The molecule has 0 spiro atoms. The van der Waals surface area contributed by atoms with E-state index in [0.717, 1.165) is 18.5 Å². The number of alkyl halides is 1. The van der Waals surface area contributed by atoms with Gasteiger partial charge in [0.2, 0.25) is 0 Å². The van der Waals surface area contributed by atoms with Crippen LogP contribution in [0.15, 0.2) is 30.3 Å². The van der Waals surface area contributed by atoms with Crippen LogP contribution in [0.25, 0.3) is 0 Å². The maximum atomic E-state index is 5.75. The summed E-state index contributed by atoms with van der Waals surface area (Å²) in [5.74, 6) is 0. The van der Waals surface area contributed by atoms with E-state index >= 15 is 0 Å². The second kappa shape index (κ2) is 7.27. The molecule has 1 aromatic rings. The average Bonchev–Trinajstić information content (AvgIpc) is 2.42. The number of ether oxygens (including phenoxy) is 1. The van der Waals surface area contributed by atoms with E-state index in [2.05, 4.69) is 58.1 Å². The largest absolute Gasteiger partial charge is 0.374 e. The molecule has 2 atom stereocenters. The van der Waals surface area contributed by atoms with Crippen LogP contribution in [0.4, 0.5) is 0 Å². The second-order valence-electron chi connectivity index (χ2n) is 5.04. The number of aryl methyl sites for hydroxylation is 1. The minimum Gasteiger partial charge on any atom is -0.374 e. The van der Waals surface area contributed by atoms with E-state index < -0.39 is 0 Å². The van der Waals surface area contributed by atoms with Crippen LogP contribution in [0, 0.1) is 0 Å². The number of benzene rings is 1. The van der Waals surface area contributed by atoms with Crippen molar-refractivity contribution in [2.45, 2.75) is 31.9 Å². The molecule has 2 unspecified atom stereocenters. The molecule has 1 saturated heterocycles. The number of halogens is 1. The first-order valence-electron chi connectivity index (χ1n) is 6.75. The molecule has 1 aromatic carbocycles. The van der Waals surface area contributed by atoms with Crippen molar-refractivity contribution in [2.24, 2.45) is 0 Å². The number of hydrogen-bond donors (Lipinski definition) is 0. The van der Waals surface area contributed by atoms with Gasteiger partial charge in [-0.15, -0.1) is 0 Å². The standard InChI is InChI=1S/C15H22BrNO/c1-13-12-18-15(10-16)11-17(13)9-5-8-14-6-3-2-4-7-14/h2-4,6-7,13,15H,5,8-12H2,1H3. The SMILES string of the molecule is CC1COC(CBr)CN1CCCc1ccccc1. The molecule has 0 aliphatic carbocycles. The molecule has 0 bridgehead atoms. The van der Waals surface area contributed by atoms with Gasteiger partial charge in [-0.25, -0.2) is 0 Å². The predicted molar refractivity (Wildman–Crippen MR) is 79.3 cm³/mol. The Morgan fingerprint density at radius 3 is 2.83 bits per heavy atom. The zero-order chi connectivity index (χ0) is 12.8. The van der Waals surface area contributed by atoms with Crippen molar-refractivity contribution in [2.75, 3.05) is 25.0 Å². The number of morpholine rings is 1. The van der Waals surface area contributed by atoms with Gasteiger partial charge in [-0.1, -0.05) is 46.3 Å². The predicted octanol–water partition coefficient (Wildman–Crippen LogP) is 3.10. The molecule has 100 valence electrons. The van der Waals surface area contributed by atoms with Crippen LogP contribution >= 0.6 is 15.9 Å². The van der Waals surface area contributed by atoms with Crippen LogP contribution in [0.1, 0.15) is 18.9 Å². The van der Waals surface area contributed by atoms with Gasteiger partial charge in [0, 0.05) is 17.9 Å². The summed E-state index contributed by atoms with van der Waals surface area (Å²) < 4.78 is 5.75. The summed E-state index contributed by atoms with van der Waals surface area (Å²) in [4.78, 5) is 2.55. The minimum atomic E-state index is 0.359. The zero-order valence-electron chi connectivity index (χ0n) is 11.0. The Balaban J connectivity index is 1.75. The molecule has 0 radical (unpaired) electrons. The molecule has 1 aliphatic heterocycles. The minimum absolute atomic E-state index is 0.359. The Labute approximate surface area is 118 Å². The van der Waals surface area contributed by atoms with Crippen molar-refractivity contribution >= 4 is 15.9 Å². The summed E-state index contributed by atoms with van der Waals surface area (Å²) >= 11 is 3.51. The van der Waals surface area contributed by atoms with Crippen molar-refractivity contribution in [1.82, 2.24) is 4.90 Å². The Hall–Kier alpha value is -0.380. The first-order chi connectivity index (χ1) is 8.79. The van der Waals surface area contributed by atoms with E-state index in [-0.39, 0.29) is 0 Å². The highest BCUT2D eigenvalue weighted by molar-refractivity contribution is 9.09. The zero-order valence-corrected chi connectivity index (χ0v) is 12.6. The number of hydrogen-bond acceptors (Lipinski definition) is 2. The lowest BCUT2D eigenvalue weighted by molar-refractivity contribution is -0.0467. The molecule has 0 N–H and O–H groups in total. The van der Waals surface area contributed by atoms with Gasteiger partial charge in [0.25, 0.3) is 0 Å². The Bertz CT molecular complexity index is 344. The lowest BCUT2D eigenvalue weighted by Gasteiger charge is -2.37. The van der Waals surface area contributed by atoms with E-state index in [1.165, 1.54) is 24.9 Å². The summed E-state index contributed by atoms with van der Waals surface area (Å²) in [7, 11) is 0. The van der Waals surface area contributed by atoms with Crippen molar-refractivity contribution in [3.63, 3.8) is 0 Å². The molecule has 0 saturated carbocycles. The molecular weight excluding hydrogens is 290 g/mol. The molecule has 2 rings (SSSR count). The quantitative estimate of drug-likeness (QED) is 0.775. The average molecular weight is 312 g/mol. The molecule has 1 aliphatic rings. The van der Waals surface area contributed by atoms with E-state index in [4.69, 9.17) is 4.74 Å². The third-order valence-electron chi connectivity index (χ3n) is 3.56. The van der Waals surface area contributed by atoms with Gasteiger partial charge < -0.3 is 4.74 Å². The number of nitrogens with zero attached hydrogens (tertiary/aromatic N) is 1. The maximum absolute atomic E-state index is 5.75.